The topological polar surface area (TPSA) is 33.1 Å². The van der Waals surface area contributed by atoms with Gasteiger partial charge >= 0.3 is 0 Å². The summed E-state index contributed by atoms with van der Waals surface area (Å²) >= 11 is 7.73. The Balaban J connectivity index is 1.88. The molecule has 1 heterocycles. The molecule has 1 N–H and O–H groups in total. The summed E-state index contributed by atoms with van der Waals surface area (Å²) in [7, 11) is 0. The van der Waals surface area contributed by atoms with Crippen molar-refractivity contribution in [3.05, 3.63) is 63.6 Å². The molecule has 0 saturated heterocycles. The number of aliphatic hydroxyl groups excluding tert-OH is 1. The lowest BCUT2D eigenvalue weighted by molar-refractivity contribution is 0.177. The third-order valence-electron chi connectivity index (χ3n) is 3.37. The molecular weight excluding hydrogens is 290 g/mol. The predicted molar refractivity (Wildman–Crippen MR) is 84.5 cm³/mol. The molecule has 0 fully saturated rings. The molecule has 3 rings (SSSR count). The third kappa shape index (κ3) is 2.57. The summed E-state index contributed by atoms with van der Waals surface area (Å²) in [5.74, 6) is 0. The number of hydrogen-bond donors (Lipinski definition) is 1. The van der Waals surface area contributed by atoms with Crippen LogP contribution in [0.3, 0.4) is 0 Å². The highest BCUT2D eigenvalue weighted by atomic mass is 35.5. The van der Waals surface area contributed by atoms with Gasteiger partial charge in [0, 0.05) is 11.4 Å². The average Bonchev–Trinajstić information content (AvgIpc) is 2.83. The van der Waals surface area contributed by atoms with Crippen molar-refractivity contribution >= 4 is 33.2 Å². The lowest BCUT2D eigenvalue weighted by Gasteiger charge is -2.13. The molecule has 1 aromatic heterocycles. The smallest absolute Gasteiger partial charge is 0.0967 e. The van der Waals surface area contributed by atoms with Crippen LogP contribution in [0.2, 0.25) is 5.02 Å². The summed E-state index contributed by atoms with van der Waals surface area (Å²) < 4.78 is 1.15. The zero-order chi connectivity index (χ0) is 14.1. The maximum atomic E-state index is 10.4. The zero-order valence-electron chi connectivity index (χ0n) is 11.0. The van der Waals surface area contributed by atoms with Gasteiger partial charge in [-0.3, -0.25) is 0 Å². The lowest BCUT2D eigenvalue weighted by atomic mass is 10.0. The van der Waals surface area contributed by atoms with E-state index in [0.717, 1.165) is 26.4 Å². The fourth-order valence-corrected chi connectivity index (χ4v) is 3.45. The number of rotatable bonds is 3. The molecule has 0 saturated carbocycles. The highest BCUT2D eigenvalue weighted by Gasteiger charge is 2.15. The largest absolute Gasteiger partial charge is 0.388 e. The van der Waals surface area contributed by atoms with Gasteiger partial charge in [0.15, 0.2) is 0 Å². The van der Waals surface area contributed by atoms with Crippen LogP contribution in [-0.2, 0) is 6.42 Å². The van der Waals surface area contributed by atoms with Gasteiger partial charge in [-0.05, 0) is 36.2 Å². The highest BCUT2D eigenvalue weighted by Crippen LogP contribution is 2.29. The van der Waals surface area contributed by atoms with Crippen molar-refractivity contribution in [3.63, 3.8) is 0 Å². The molecule has 2 aromatic carbocycles. The van der Waals surface area contributed by atoms with E-state index in [-0.39, 0.29) is 0 Å². The van der Waals surface area contributed by atoms with Gasteiger partial charge in [-0.15, -0.1) is 11.3 Å². The first-order chi connectivity index (χ1) is 9.65. The average molecular weight is 304 g/mol. The van der Waals surface area contributed by atoms with Crippen LogP contribution in [0, 0.1) is 6.92 Å². The van der Waals surface area contributed by atoms with E-state index in [0.29, 0.717) is 11.4 Å². The lowest BCUT2D eigenvalue weighted by Crippen LogP contribution is -2.03. The molecule has 1 unspecified atom stereocenters. The number of hydrogen-bond acceptors (Lipinski definition) is 3. The predicted octanol–water partition coefficient (Wildman–Crippen LogP) is 4.53. The molecular formula is C16H14ClNOS. The molecule has 0 amide bonds. The van der Waals surface area contributed by atoms with Crippen molar-refractivity contribution in [1.82, 2.24) is 4.98 Å². The second-order valence-electron chi connectivity index (χ2n) is 4.75. The van der Waals surface area contributed by atoms with E-state index in [1.807, 2.05) is 49.4 Å². The van der Waals surface area contributed by atoms with Crippen molar-refractivity contribution in [2.45, 2.75) is 19.4 Å². The highest BCUT2D eigenvalue weighted by molar-refractivity contribution is 7.18. The molecule has 0 aliphatic heterocycles. The van der Waals surface area contributed by atoms with Gasteiger partial charge in [-0.2, -0.15) is 0 Å². The Morgan fingerprint density at radius 3 is 2.80 bits per heavy atom. The van der Waals surface area contributed by atoms with Crippen molar-refractivity contribution in [2.24, 2.45) is 0 Å². The van der Waals surface area contributed by atoms with Crippen LogP contribution in [0.1, 0.15) is 22.2 Å². The summed E-state index contributed by atoms with van der Waals surface area (Å²) in [5, 5.41) is 12.0. The van der Waals surface area contributed by atoms with Crippen LogP contribution < -0.4 is 0 Å². The van der Waals surface area contributed by atoms with Crippen LogP contribution in [0.25, 0.3) is 10.2 Å². The van der Waals surface area contributed by atoms with Gasteiger partial charge in [-0.25, -0.2) is 4.98 Å². The Bertz CT molecular complexity index is 720. The van der Waals surface area contributed by atoms with Gasteiger partial charge in [0.1, 0.15) is 0 Å². The zero-order valence-corrected chi connectivity index (χ0v) is 12.6. The molecule has 20 heavy (non-hydrogen) atoms. The van der Waals surface area contributed by atoms with Gasteiger partial charge in [0.05, 0.1) is 21.3 Å². The fraction of sp³-hybridized carbons (Fsp3) is 0.188. The Labute approximate surface area is 126 Å². The molecule has 2 nitrogen and oxygen atoms in total. The number of aromatic nitrogens is 1. The van der Waals surface area contributed by atoms with Gasteiger partial charge < -0.3 is 5.11 Å². The summed E-state index contributed by atoms with van der Waals surface area (Å²) in [5.41, 5.74) is 2.79. The minimum atomic E-state index is -0.575. The van der Waals surface area contributed by atoms with Crippen molar-refractivity contribution < 1.29 is 5.11 Å². The second kappa shape index (κ2) is 5.52. The number of thiazole rings is 1. The van der Waals surface area contributed by atoms with E-state index in [9.17, 15) is 5.11 Å². The van der Waals surface area contributed by atoms with E-state index in [2.05, 4.69) is 4.98 Å². The molecule has 102 valence electrons. The van der Waals surface area contributed by atoms with Gasteiger partial charge in [-0.1, -0.05) is 35.9 Å². The number of aliphatic hydroxyl groups is 1. The van der Waals surface area contributed by atoms with Crippen LogP contribution in [0.15, 0.2) is 42.5 Å². The van der Waals surface area contributed by atoms with E-state index in [1.165, 1.54) is 0 Å². The number of halogens is 1. The normalized spacial score (nSPS) is 12.8. The van der Waals surface area contributed by atoms with E-state index < -0.39 is 6.10 Å². The SMILES string of the molecule is Cc1c(Cl)cccc1C(O)Cc1nc2ccccc2s1. The molecule has 0 aliphatic rings. The second-order valence-corrected chi connectivity index (χ2v) is 6.27. The van der Waals surface area contributed by atoms with E-state index in [4.69, 9.17) is 11.6 Å². The van der Waals surface area contributed by atoms with Crippen molar-refractivity contribution in [2.75, 3.05) is 0 Å². The molecule has 0 aliphatic carbocycles. The first-order valence-corrected chi connectivity index (χ1v) is 7.62. The summed E-state index contributed by atoms with van der Waals surface area (Å²) in [6.45, 7) is 1.93. The molecule has 0 radical (unpaired) electrons. The number of benzene rings is 2. The Morgan fingerprint density at radius 2 is 2.00 bits per heavy atom. The van der Waals surface area contributed by atoms with Gasteiger partial charge in [0.2, 0.25) is 0 Å². The minimum Gasteiger partial charge on any atom is -0.388 e. The molecule has 1 atom stereocenters. The molecule has 0 bridgehead atoms. The first-order valence-electron chi connectivity index (χ1n) is 6.42. The van der Waals surface area contributed by atoms with Crippen LogP contribution >= 0.6 is 22.9 Å². The third-order valence-corrected chi connectivity index (χ3v) is 4.84. The van der Waals surface area contributed by atoms with Crippen molar-refractivity contribution in [1.29, 1.82) is 0 Å². The maximum absolute atomic E-state index is 10.4. The van der Waals surface area contributed by atoms with E-state index in [1.54, 1.807) is 11.3 Å². The summed E-state index contributed by atoms with van der Waals surface area (Å²) in [6.07, 6.45) is -0.0603. The van der Waals surface area contributed by atoms with Crippen LogP contribution in [0.5, 0.6) is 0 Å². The summed E-state index contributed by atoms with van der Waals surface area (Å²) in [6, 6.07) is 13.6. The first kappa shape index (κ1) is 13.6. The molecule has 4 heteroatoms. The standard InChI is InChI=1S/C16H14ClNOS/c1-10-11(5-4-6-12(10)17)14(19)9-16-18-13-7-2-3-8-15(13)20-16/h2-8,14,19H,9H2,1H3. The maximum Gasteiger partial charge on any atom is 0.0967 e. The van der Waals surface area contributed by atoms with Gasteiger partial charge in [0.25, 0.3) is 0 Å². The number of nitrogens with zero attached hydrogens (tertiary/aromatic N) is 1. The quantitative estimate of drug-likeness (QED) is 0.771. The Morgan fingerprint density at radius 1 is 1.20 bits per heavy atom. The van der Waals surface area contributed by atoms with Crippen molar-refractivity contribution in [3.8, 4) is 0 Å². The number of para-hydroxylation sites is 1. The molecule has 3 aromatic rings. The van der Waals surface area contributed by atoms with Crippen LogP contribution in [-0.4, -0.2) is 10.1 Å². The Kier molecular flexibility index (Phi) is 3.74. The summed E-state index contributed by atoms with van der Waals surface area (Å²) in [4.78, 5) is 4.56. The monoisotopic (exact) mass is 303 g/mol. The fourth-order valence-electron chi connectivity index (χ4n) is 2.27. The minimum absolute atomic E-state index is 0.514. The Hall–Kier alpha value is -1.42. The number of fused-ring (bicyclic) bond motifs is 1. The molecule has 0 spiro atoms. The van der Waals surface area contributed by atoms with Crippen LogP contribution in [0.4, 0.5) is 0 Å². The van der Waals surface area contributed by atoms with E-state index >= 15 is 0 Å².